The summed E-state index contributed by atoms with van der Waals surface area (Å²) in [7, 11) is 0. The highest BCUT2D eigenvalue weighted by Crippen LogP contribution is 2.29. The molecule has 0 amide bonds. The monoisotopic (exact) mass is 272 g/mol. The molecular formula is C18H28N2. The van der Waals surface area contributed by atoms with Gasteiger partial charge in [0.25, 0.3) is 0 Å². The molecule has 0 radical (unpaired) electrons. The normalized spacial score (nSPS) is 27.2. The molecule has 1 unspecified atom stereocenters. The fourth-order valence-electron chi connectivity index (χ4n) is 3.52. The molecule has 1 heterocycles. The third kappa shape index (κ3) is 3.42. The molecule has 3 rings (SSSR count). The van der Waals surface area contributed by atoms with E-state index in [9.17, 15) is 0 Å². The van der Waals surface area contributed by atoms with Crippen LogP contribution < -0.4 is 5.32 Å². The van der Waals surface area contributed by atoms with Crippen molar-refractivity contribution in [1.82, 2.24) is 10.2 Å². The van der Waals surface area contributed by atoms with Crippen molar-refractivity contribution in [2.75, 3.05) is 19.6 Å². The fourth-order valence-corrected chi connectivity index (χ4v) is 3.52. The summed E-state index contributed by atoms with van der Waals surface area (Å²) in [6.45, 7) is 8.28. The van der Waals surface area contributed by atoms with Crippen molar-refractivity contribution in [2.45, 2.75) is 51.1 Å². The van der Waals surface area contributed by atoms with Crippen LogP contribution in [0.4, 0.5) is 0 Å². The van der Waals surface area contributed by atoms with Crippen LogP contribution in [-0.2, 0) is 6.42 Å². The SMILES string of the molecule is CC1(C)CN(CC2CCC2)C(Cc2ccccc2)CN1. The van der Waals surface area contributed by atoms with E-state index in [1.54, 1.807) is 0 Å². The Balaban J connectivity index is 1.66. The van der Waals surface area contributed by atoms with Crippen LogP contribution in [0, 0.1) is 5.92 Å². The minimum Gasteiger partial charge on any atom is -0.309 e. The summed E-state index contributed by atoms with van der Waals surface area (Å²) in [6, 6.07) is 11.6. The second-order valence-corrected chi connectivity index (χ2v) is 7.33. The number of nitrogens with zero attached hydrogens (tertiary/aromatic N) is 1. The maximum absolute atomic E-state index is 3.73. The van der Waals surface area contributed by atoms with Gasteiger partial charge in [0.05, 0.1) is 0 Å². The van der Waals surface area contributed by atoms with E-state index >= 15 is 0 Å². The Labute approximate surface area is 123 Å². The number of piperazine rings is 1. The standard InChI is InChI=1S/C18H28N2/c1-18(2)14-20(13-16-9-6-10-16)17(12-19-18)11-15-7-4-3-5-8-15/h3-5,7-8,16-17,19H,6,9-14H2,1-2H3. The Hall–Kier alpha value is -0.860. The van der Waals surface area contributed by atoms with Gasteiger partial charge < -0.3 is 5.32 Å². The first-order chi connectivity index (χ1) is 9.62. The third-order valence-corrected chi connectivity index (χ3v) is 4.96. The number of hydrogen-bond acceptors (Lipinski definition) is 2. The van der Waals surface area contributed by atoms with Crippen molar-refractivity contribution < 1.29 is 0 Å². The zero-order valence-corrected chi connectivity index (χ0v) is 12.9. The highest BCUT2D eigenvalue weighted by molar-refractivity contribution is 5.16. The summed E-state index contributed by atoms with van der Waals surface area (Å²) in [4.78, 5) is 2.76. The second-order valence-electron chi connectivity index (χ2n) is 7.33. The van der Waals surface area contributed by atoms with Crippen LogP contribution in [0.1, 0.15) is 38.7 Å². The van der Waals surface area contributed by atoms with Gasteiger partial charge in [0, 0.05) is 31.2 Å². The minimum absolute atomic E-state index is 0.261. The van der Waals surface area contributed by atoms with E-state index < -0.39 is 0 Å². The molecule has 0 aromatic heterocycles. The molecule has 1 saturated carbocycles. The average molecular weight is 272 g/mol. The molecule has 1 aromatic carbocycles. The van der Waals surface area contributed by atoms with Crippen molar-refractivity contribution in [2.24, 2.45) is 5.92 Å². The zero-order chi connectivity index (χ0) is 14.0. The van der Waals surface area contributed by atoms with Crippen LogP contribution in [0.25, 0.3) is 0 Å². The summed E-state index contributed by atoms with van der Waals surface area (Å²) in [6.07, 6.45) is 5.52. The summed E-state index contributed by atoms with van der Waals surface area (Å²) >= 11 is 0. The first-order valence-electron chi connectivity index (χ1n) is 8.15. The highest BCUT2D eigenvalue weighted by Gasteiger charge is 2.34. The van der Waals surface area contributed by atoms with Gasteiger partial charge in [-0.3, -0.25) is 4.90 Å². The molecule has 1 aliphatic heterocycles. The molecule has 2 aliphatic rings. The molecule has 2 nitrogen and oxygen atoms in total. The number of benzene rings is 1. The van der Waals surface area contributed by atoms with Crippen molar-refractivity contribution in [3.63, 3.8) is 0 Å². The smallest absolute Gasteiger partial charge is 0.0262 e. The van der Waals surface area contributed by atoms with Gasteiger partial charge in [0.1, 0.15) is 0 Å². The van der Waals surface area contributed by atoms with E-state index in [1.165, 1.54) is 44.3 Å². The summed E-state index contributed by atoms with van der Waals surface area (Å²) in [5.41, 5.74) is 1.73. The lowest BCUT2D eigenvalue weighted by Crippen LogP contribution is -2.63. The molecule has 1 aromatic rings. The van der Waals surface area contributed by atoms with Gasteiger partial charge in [0.2, 0.25) is 0 Å². The average Bonchev–Trinajstić information content (AvgIpc) is 2.38. The molecule has 1 aliphatic carbocycles. The number of rotatable bonds is 4. The Morgan fingerprint density at radius 2 is 1.95 bits per heavy atom. The lowest BCUT2D eigenvalue weighted by molar-refractivity contribution is 0.0634. The molecule has 0 spiro atoms. The Kier molecular flexibility index (Phi) is 4.13. The van der Waals surface area contributed by atoms with Crippen LogP contribution in [0.15, 0.2) is 30.3 Å². The van der Waals surface area contributed by atoms with Gasteiger partial charge in [-0.1, -0.05) is 36.8 Å². The molecule has 0 bridgehead atoms. The quantitative estimate of drug-likeness (QED) is 0.906. The number of nitrogens with one attached hydrogen (secondary N) is 1. The molecular weight excluding hydrogens is 244 g/mol. The van der Waals surface area contributed by atoms with Crippen molar-refractivity contribution in [3.05, 3.63) is 35.9 Å². The van der Waals surface area contributed by atoms with Crippen LogP contribution >= 0.6 is 0 Å². The van der Waals surface area contributed by atoms with Gasteiger partial charge in [-0.05, 0) is 44.6 Å². The zero-order valence-electron chi connectivity index (χ0n) is 12.9. The van der Waals surface area contributed by atoms with Crippen LogP contribution in [0.5, 0.6) is 0 Å². The van der Waals surface area contributed by atoms with Gasteiger partial charge in [-0.2, -0.15) is 0 Å². The van der Waals surface area contributed by atoms with Gasteiger partial charge >= 0.3 is 0 Å². The predicted octanol–water partition coefficient (Wildman–Crippen LogP) is 3.08. The second kappa shape index (κ2) is 5.87. The number of hydrogen-bond donors (Lipinski definition) is 1. The molecule has 20 heavy (non-hydrogen) atoms. The van der Waals surface area contributed by atoms with E-state index in [4.69, 9.17) is 0 Å². The lowest BCUT2D eigenvalue weighted by atomic mass is 9.83. The first kappa shape index (κ1) is 14.1. The largest absolute Gasteiger partial charge is 0.309 e. The Bertz CT molecular complexity index is 422. The third-order valence-electron chi connectivity index (χ3n) is 4.96. The van der Waals surface area contributed by atoms with Gasteiger partial charge in [-0.15, -0.1) is 0 Å². The lowest BCUT2D eigenvalue weighted by Gasteiger charge is -2.47. The highest BCUT2D eigenvalue weighted by atomic mass is 15.2. The molecule has 1 N–H and O–H groups in total. The van der Waals surface area contributed by atoms with Crippen molar-refractivity contribution in [3.8, 4) is 0 Å². The van der Waals surface area contributed by atoms with E-state index in [2.05, 4.69) is 54.4 Å². The minimum atomic E-state index is 0.261. The van der Waals surface area contributed by atoms with Crippen molar-refractivity contribution in [1.29, 1.82) is 0 Å². The summed E-state index contributed by atoms with van der Waals surface area (Å²) in [5, 5.41) is 3.73. The van der Waals surface area contributed by atoms with Gasteiger partial charge in [0.15, 0.2) is 0 Å². The van der Waals surface area contributed by atoms with Crippen molar-refractivity contribution >= 4 is 0 Å². The Morgan fingerprint density at radius 1 is 1.20 bits per heavy atom. The predicted molar refractivity (Wildman–Crippen MR) is 84.9 cm³/mol. The summed E-state index contributed by atoms with van der Waals surface area (Å²) < 4.78 is 0. The summed E-state index contributed by atoms with van der Waals surface area (Å²) in [5.74, 6) is 0.960. The maximum atomic E-state index is 3.73. The van der Waals surface area contributed by atoms with Crippen LogP contribution in [0.3, 0.4) is 0 Å². The molecule has 1 atom stereocenters. The molecule has 110 valence electrons. The van der Waals surface area contributed by atoms with Crippen LogP contribution in [0.2, 0.25) is 0 Å². The van der Waals surface area contributed by atoms with Gasteiger partial charge in [-0.25, -0.2) is 0 Å². The maximum Gasteiger partial charge on any atom is 0.0262 e. The Morgan fingerprint density at radius 3 is 2.60 bits per heavy atom. The molecule has 2 fully saturated rings. The van der Waals surface area contributed by atoms with E-state index in [0.717, 1.165) is 12.5 Å². The van der Waals surface area contributed by atoms with E-state index in [-0.39, 0.29) is 5.54 Å². The van der Waals surface area contributed by atoms with E-state index in [0.29, 0.717) is 6.04 Å². The topological polar surface area (TPSA) is 15.3 Å². The molecule has 2 heteroatoms. The fraction of sp³-hybridized carbons (Fsp3) is 0.667. The molecule has 1 saturated heterocycles. The van der Waals surface area contributed by atoms with E-state index in [1.807, 2.05) is 0 Å². The van der Waals surface area contributed by atoms with Crippen LogP contribution in [-0.4, -0.2) is 36.1 Å². The first-order valence-corrected chi connectivity index (χ1v) is 8.15.